The molecule has 2 rings (SSSR count). The van der Waals surface area contributed by atoms with Crippen molar-refractivity contribution in [3.8, 4) is 5.75 Å². The minimum Gasteiger partial charge on any atom is -0.477 e. The van der Waals surface area contributed by atoms with Crippen LogP contribution in [0, 0.1) is 0 Å². The fourth-order valence-corrected chi connectivity index (χ4v) is 2.53. The Labute approximate surface area is 156 Å². The second-order valence-electron chi connectivity index (χ2n) is 6.67. The van der Waals surface area contributed by atoms with Gasteiger partial charge in [0.15, 0.2) is 11.9 Å². The van der Waals surface area contributed by atoms with Gasteiger partial charge < -0.3 is 24.8 Å². The number of alkyl carbamates (subject to hydrolysis) is 1. The highest BCUT2D eigenvalue weighted by molar-refractivity contribution is 6.32. The fraction of sp³-hybridized carbons (Fsp3) is 0.471. The molecule has 0 fully saturated rings. The van der Waals surface area contributed by atoms with Crippen LogP contribution in [0.5, 0.6) is 5.75 Å². The van der Waals surface area contributed by atoms with Crippen molar-refractivity contribution in [1.29, 1.82) is 0 Å². The SMILES string of the molecule is COC(=O)[C@H](C[C@@H]1Oc2c(Cl)cccc2NC1=O)NC(=O)OC(C)(C)C. The van der Waals surface area contributed by atoms with Crippen LogP contribution < -0.4 is 15.4 Å². The molecule has 26 heavy (non-hydrogen) atoms. The van der Waals surface area contributed by atoms with Crippen molar-refractivity contribution in [2.45, 2.75) is 44.9 Å². The Morgan fingerprint density at radius 2 is 2.08 bits per heavy atom. The molecule has 9 heteroatoms. The second-order valence-corrected chi connectivity index (χ2v) is 7.08. The van der Waals surface area contributed by atoms with Gasteiger partial charge in [-0.1, -0.05) is 17.7 Å². The van der Waals surface area contributed by atoms with Gasteiger partial charge in [-0.3, -0.25) is 4.79 Å². The van der Waals surface area contributed by atoms with Crippen LogP contribution in [-0.2, 0) is 19.1 Å². The molecule has 2 N–H and O–H groups in total. The van der Waals surface area contributed by atoms with Gasteiger partial charge in [0.2, 0.25) is 0 Å². The van der Waals surface area contributed by atoms with Gasteiger partial charge in [0.25, 0.3) is 5.91 Å². The number of fused-ring (bicyclic) bond motifs is 1. The molecule has 1 heterocycles. The lowest BCUT2D eigenvalue weighted by atomic mass is 10.1. The zero-order valence-electron chi connectivity index (χ0n) is 14.9. The monoisotopic (exact) mass is 384 g/mol. The van der Waals surface area contributed by atoms with Crippen molar-refractivity contribution in [3.05, 3.63) is 23.2 Å². The van der Waals surface area contributed by atoms with E-state index in [4.69, 9.17) is 25.8 Å². The third-order valence-corrected chi connectivity index (χ3v) is 3.70. The van der Waals surface area contributed by atoms with Crippen molar-refractivity contribution in [2.75, 3.05) is 12.4 Å². The number of amides is 2. The number of nitrogens with one attached hydrogen (secondary N) is 2. The smallest absolute Gasteiger partial charge is 0.408 e. The van der Waals surface area contributed by atoms with Crippen molar-refractivity contribution in [1.82, 2.24) is 5.32 Å². The van der Waals surface area contributed by atoms with Crippen molar-refractivity contribution >= 4 is 35.3 Å². The molecule has 1 aromatic rings. The van der Waals surface area contributed by atoms with E-state index >= 15 is 0 Å². The van der Waals surface area contributed by atoms with Crippen molar-refractivity contribution in [2.24, 2.45) is 0 Å². The third-order valence-electron chi connectivity index (χ3n) is 3.40. The lowest BCUT2D eigenvalue weighted by Crippen LogP contribution is -2.49. The van der Waals surface area contributed by atoms with Gasteiger partial charge in [-0.05, 0) is 32.9 Å². The van der Waals surface area contributed by atoms with E-state index in [2.05, 4.69) is 10.6 Å². The quantitative estimate of drug-likeness (QED) is 0.773. The van der Waals surface area contributed by atoms with E-state index in [1.54, 1.807) is 39.0 Å². The molecule has 2 amide bonds. The number of carbonyl (C=O) groups excluding carboxylic acids is 3. The summed E-state index contributed by atoms with van der Waals surface area (Å²) in [7, 11) is 1.18. The standard InChI is InChI=1S/C17H21ClN2O6/c1-17(2,3)26-16(23)20-11(15(22)24-4)8-12-14(21)19-10-7-5-6-9(18)13(10)25-12/h5-7,11-12H,8H2,1-4H3,(H,19,21)(H,20,23)/t11-,12-/m0/s1. The number of rotatable bonds is 4. The van der Waals surface area contributed by atoms with Crippen molar-refractivity contribution in [3.63, 3.8) is 0 Å². The Hall–Kier alpha value is -2.48. The first-order chi connectivity index (χ1) is 12.1. The first-order valence-corrected chi connectivity index (χ1v) is 8.32. The predicted octanol–water partition coefficient (Wildman–Crippen LogP) is 2.50. The Morgan fingerprint density at radius 1 is 1.38 bits per heavy atom. The molecule has 1 aliphatic rings. The van der Waals surface area contributed by atoms with Crippen LogP contribution >= 0.6 is 11.6 Å². The number of ether oxygens (including phenoxy) is 3. The molecule has 0 bridgehead atoms. The van der Waals surface area contributed by atoms with Crippen LogP contribution in [0.3, 0.4) is 0 Å². The Kier molecular flexibility index (Phi) is 5.97. The highest BCUT2D eigenvalue weighted by atomic mass is 35.5. The molecule has 8 nitrogen and oxygen atoms in total. The number of benzene rings is 1. The molecule has 142 valence electrons. The zero-order chi connectivity index (χ0) is 19.5. The van der Waals surface area contributed by atoms with Gasteiger partial charge in [-0.15, -0.1) is 0 Å². The number of hydrogen-bond donors (Lipinski definition) is 2. The topological polar surface area (TPSA) is 103 Å². The summed E-state index contributed by atoms with van der Waals surface area (Å²) in [4.78, 5) is 36.2. The molecule has 2 atom stereocenters. The summed E-state index contributed by atoms with van der Waals surface area (Å²) in [5.41, 5.74) is -0.302. The molecular weight excluding hydrogens is 364 g/mol. The average Bonchev–Trinajstić information content (AvgIpc) is 2.53. The van der Waals surface area contributed by atoms with Crippen LogP contribution in [0.15, 0.2) is 18.2 Å². The lowest BCUT2D eigenvalue weighted by Gasteiger charge is -2.29. The summed E-state index contributed by atoms with van der Waals surface area (Å²) in [5, 5.41) is 5.38. The maximum Gasteiger partial charge on any atom is 0.408 e. The number of methoxy groups -OCH3 is 1. The van der Waals surface area contributed by atoms with Crippen LogP contribution in [0.2, 0.25) is 5.02 Å². The normalized spacial score (nSPS) is 17.3. The molecule has 1 aliphatic heterocycles. The van der Waals surface area contributed by atoms with Gasteiger partial charge in [0, 0.05) is 6.42 Å². The molecule has 0 radical (unpaired) electrons. The van der Waals surface area contributed by atoms with E-state index in [-0.39, 0.29) is 6.42 Å². The van der Waals surface area contributed by atoms with Gasteiger partial charge in [0.1, 0.15) is 11.6 Å². The fourth-order valence-electron chi connectivity index (χ4n) is 2.31. The first-order valence-electron chi connectivity index (χ1n) is 7.94. The number of hydrogen-bond acceptors (Lipinski definition) is 6. The van der Waals surface area contributed by atoms with Crippen LogP contribution in [-0.4, -0.2) is 42.8 Å². The van der Waals surface area contributed by atoms with Gasteiger partial charge >= 0.3 is 12.1 Å². The van der Waals surface area contributed by atoms with E-state index in [1.165, 1.54) is 7.11 Å². The zero-order valence-corrected chi connectivity index (χ0v) is 15.7. The maximum absolute atomic E-state index is 12.3. The molecule has 0 spiro atoms. The van der Waals surface area contributed by atoms with E-state index < -0.39 is 35.7 Å². The second kappa shape index (κ2) is 7.82. The molecule has 0 aromatic heterocycles. The number of carbonyl (C=O) groups is 3. The third kappa shape index (κ3) is 5.01. The summed E-state index contributed by atoms with van der Waals surface area (Å²) in [6, 6.07) is 3.80. The average molecular weight is 385 g/mol. The molecule has 0 unspecified atom stereocenters. The number of halogens is 1. The van der Waals surface area contributed by atoms with Gasteiger partial charge in [-0.2, -0.15) is 0 Å². The molecule has 0 saturated heterocycles. The van der Waals surface area contributed by atoms with Crippen LogP contribution in [0.4, 0.5) is 10.5 Å². The minimum atomic E-state index is -1.13. The summed E-state index contributed by atoms with van der Waals surface area (Å²) in [6.07, 6.45) is -1.99. The number of anilines is 1. The molecule has 0 aliphatic carbocycles. The van der Waals surface area contributed by atoms with Gasteiger partial charge in [-0.25, -0.2) is 9.59 Å². The Morgan fingerprint density at radius 3 is 2.69 bits per heavy atom. The predicted molar refractivity (Wildman–Crippen MR) is 94.3 cm³/mol. The Balaban J connectivity index is 2.13. The van der Waals surface area contributed by atoms with Crippen molar-refractivity contribution < 1.29 is 28.6 Å². The van der Waals surface area contributed by atoms with Crippen LogP contribution in [0.25, 0.3) is 0 Å². The summed E-state index contributed by atoms with van der Waals surface area (Å²) in [6.45, 7) is 5.07. The number of para-hydroxylation sites is 1. The largest absolute Gasteiger partial charge is 0.477 e. The minimum absolute atomic E-state index is 0.150. The van der Waals surface area contributed by atoms with Crippen LogP contribution in [0.1, 0.15) is 27.2 Å². The van der Waals surface area contributed by atoms with Gasteiger partial charge in [0.05, 0.1) is 17.8 Å². The lowest BCUT2D eigenvalue weighted by molar-refractivity contribution is -0.144. The molecular formula is C17H21ClN2O6. The number of esters is 1. The molecule has 1 aromatic carbocycles. The van der Waals surface area contributed by atoms with E-state index in [0.29, 0.717) is 16.5 Å². The first kappa shape index (κ1) is 19.8. The Bertz CT molecular complexity index is 716. The molecule has 0 saturated carbocycles. The highest BCUT2D eigenvalue weighted by Crippen LogP contribution is 2.37. The summed E-state index contributed by atoms with van der Waals surface area (Å²) >= 11 is 6.08. The van der Waals surface area contributed by atoms with E-state index in [9.17, 15) is 14.4 Å². The highest BCUT2D eigenvalue weighted by Gasteiger charge is 2.35. The van der Waals surface area contributed by atoms with E-state index in [0.717, 1.165) is 0 Å². The maximum atomic E-state index is 12.3. The summed E-state index contributed by atoms with van der Waals surface area (Å²) < 4.78 is 15.5. The summed E-state index contributed by atoms with van der Waals surface area (Å²) in [5.74, 6) is -0.878. The van der Waals surface area contributed by atoms with E-state index in [1.807, 2.05) is 0 Å².